The largest absolute Gasteiger partial charge is 0.416 e. The zero-order valence-corrected chi connectivity index (χ0v) is 17.1. The fourth-order valence-corrected chi connectivity index (χ4v) is 2.90. The lowest BCUT2D eigenvalue weighted by molar-refractivity contribution is -0.137. The van der Waals surface area contributed by atoms with E-state index in [9.17, 15) is 22.4 Å². The molecule has 0 bridgehead atoms. The van der Waals surface area contributed by atoms with E-state index in [0.29, 0.717) is 11.3 Å². The van der Waals surface area contributed by atoms with Crippen LogP contribution in [0.2, 0.25) is 0 Å². The number of nitrogens with zero attached hydrogens (tertiary/aromatic N) is 2. The van der Waals surface area contributed by atoms with Crippen LogP contribution in [0.25, 0.3) is 0 Å². The van der Waals surface area contributed by atoms with Crippen molar-refractivity contribution in [1.82, 2.24) is 10.3 Å². The van der Waals surface area contributed by atoms with Crippen LogP contribution in [-0.2, 0) is 17.4 Å². The molecule has 162 valence electrons. The average Bonchev–Trinajstić information content (AvgIpc) is 3.17. The second-order valence-corrected chi connectivity index (χ2v) is 7.19. The highest BCUT2D eigenvalue weighted by Gasteiger charge is 2.29. The highest BCUT2D eigenvalue weighted by Crippen LogP contribution is 2.29. The van der Waals surface area contributed by atoms with Gasteiger partial charge in [0.15, 0.2) is 11.5 Å². The zero-order chi connectivity index (χ0) is 22.6. The number of carbonyl (C=O) groups is 1. The molecule has 2 aromatic carbocycles. The van der Waals surface area contributed by atoms with E-state index < -0.39 is 23.5 Å². The summed E-state index contributed by atoms with van der Waals surface area (Å²) in [5.41, 5.74) is 0.0975. The summed E-state index contributed by atoms with van der Waals surface area (Å²) in [7, 11) is 0. The molecule has 0 unspecified atom stereocenters. The first kappa shape index (κ1) is 22.4. The van der Waals surface area contributed by atoms with E-state index in [-0.39, 0.29) is 34.7 Å². The lowest BCUT2D eigenvalue weighted by Gasteiger charge is -2.08. The van der Waals surface area contributed by atoms with Crippen LogP contribution in [0.1, 0.15) is 23.2 Å². The summed E-state index contributed by atoms with van der Waals surface area (Å²) >= 11 is 3.04. The molecule has 0 radical (unpaired) electrons. The Morgan fingerprint density at radius 1 is 1.10 bits per heavy atom. The Morgan fingerprint density at radius 3 is 2.45 bits per heavy atom. The van der Waals surface area contributed by atoms with Crippen molar-refractivity contribution in [2.75, 3.05) is 10.6 Å². The van der Waals surface area contributed by atoms with Gasteiger partial charge in [-0.2, -0.15) is 13.2 Å². The number of nitrogens with one attached hydrogen (secondary N) is 3. The molecule has 0 aliphatic heterocycles. The van der Waals surface area contributed by atoms with Crippen LogP contribution in [0, 0.1) is 11.2 Å². The maximum Gasteiger partial charge on any atom is 0.416 e. The molecule has 0 spiro atoms. The lowest BCUT2D eigenvalue weighted by Crippen LogP contribution is -2.18. The molecule has 1 heterocycles. The summed E-state index contributed by atoms with van der Waals surface area (Å²) in [5.74, 6) is -1.32. The number of alkyl halides is 3. The number of carbonyl (C=O) groups excluding carboxylic acids is 1. The third kappa shape index (κ3) is 5.87. The number of anilines is 2. The molecule has 0 aliphatic rings. The number of aromatic nitrogens is 2. The number of rotatable bonds is 6. The molecular formula is C19H14BrF4N5O2. The number of aryl methyl sites for hydroxylation is 1. The van der Waals surface area contributed by atoms with Crippen LogP contribution in [0.15, 0.2) is 51.6 Å². The summed E-state index contributed by atoms with van der Waals surface area (Å²) in [4.78, 5) is 12.2. The van der Waals surface area contributed by atoms with Gasteiger partial charge in [0.25, 0.3) is 0 Å². The predicted molar refractivity (Wildman–Crippen MR) is 107 cm³/mol. The Balaban J connectivity index is 1.58. The summed E-state index contributed by atoms with van der Waals surface area (Å²) in [5, 5.41) is 20.3. The molecule has 0 atom stereocenters. The average molecular weight is 500 g/mol. The molecule has 3 aromatic rings. The second kappa shape index (κ2) is 9.25. The number of hydrogen-bond donors (Lipinski definition) is 3. The minimum Gasteiger partial charge on any atom is -0.339 e. The van der Waals surface area contributed by atoms with Crippen LogP contribution in [0.5, 0.6) is 0 Å². The Morgan fingerprint density at radius 2 is 1.81 bits per heavy atom. The predicted octanol–water partition coefficient (Wildman–Crippen LogP) is 5.00. The third-order valence-corrected chi connectivity index (χ3v) is 4.70. The van der Waals surface area contributed by atoms with E-state index in [1.54, 1.807) is 0 Å². The highest BCUT2D eigenvalue weighted by atomic mass is 79.9. The first-order valence-electron chi connectivity index (χ1n) is 8.73. The molecule has 3 rings (SSSR count). The first-order chi connectivity index (χ1) is 14.6. The van der Waals surface area contributed by atoms with E-state index in [2.05, 4.69) is 41.5 Å². The highest BCUT2D eigenvalue weighted by molar-refractivity contribution is 9.10. The summed E-state index contributed by atoms with van der Waals surface area (Å²) < 4.78 is 55.9. The van der Waals surface area contributed by atoms with Crippen molar-refractivity contribution < 1.29 is 27.0 Å². The third-order valence-electron chi connectivity index (χ3n) is 4.09. The Labute approximate surface area is 181 Å². The van der Waals surface area contributed by atoms with Crippen molar-refractivity contribution in [3.8, 4) is 0 Å². The van der Waals surface area contributed by atoms with E-state index in [1.807, 2.05) is 0 Å². The molecular weight excluding hydrogens is 486 g/mol. The van der Waals surface area contributed by atoms with Crippen LogP contribution in [0.4, 0.5) is 29.1 Å². The van der Waals surface area contributed by atoms with E-state index >= 15 is 0 Å². The first-order valence-corrected chi connectivity index (χ1v) is 9.52. The number of amidine groups is 1. The van der Waals surface area contributed by atoms with Crippen LogP contribution in [-0.4, -0.2) is 22.1 Å². The van der Waals surface area contributed by atoms with Gasteiger partial charge in [0.1, 0.15) is 5.82 Å². The Bertz CT molecular complexity index is 1100. The van der Waals surface area contributed by atoms with Gasteiger partial charge in [0, 0.05) is 12.1 Å². The minimum atomic E-state index is -4.42. The van der Waals surface area contributed by atoms with E-state index in [4.69, 9.17) is 5.41 Å². The molecule has 12 heteroatoms. The van der Waals surface area contributed by atoms with Gasteiger partial charge in [-0.25, -0.2) is 9.02 Å². The monoisotopic (exact) mass is 499 g/mol. The lowest BCUT2D eigenvalue weighted by atomic mass is 10.1. The van der Waals surface area contributed by atoms with Crippen molar-refractivity contribution in [1.29, 1.82) is 5.41 Å². The maximum absolute atomic E-state index is 13.3. The molecule has 7 nitrogen and oxygen atoms in total. The summed E-state index contributed by atoms with van der Waals surface area (Å²) in [6, 6.07) is 8.54. The number of halogens is 5. The van der Waals surface area contributed by atoms with E-state index in [0.717, 1.165) is 12.1 Å². The van der Waals surface area contributed by atoms with Gasteiger partial charge in [0.2, 0.25) is 11.7 Å². The number of hydrogen-bond acceptors (Lipinski definition) is 5. The number of benzene rings is 2. The van der Waals surface area contributed by atoms with Crippen LogP contribution < -0.4 is 10.6 Å². The van der Waals surface area contributed by atoms with Crippen LogP contribution in [0.3, 0.4) is 0 Å². The van der Waals surface area contributed by atoms with E-state index in [1.165, 1.54) is 30.3 Å². The van der Waals surface area contributed by atoms with Crippen LogP contribution >= 0.6 is 15.9 Å². The van der Waals surface area contributed by atoms with Gasteiger partial charge in [-0.15, -0.1) is 0 Å². The molecule has 0 aliphatic carbocycles. The van der Waals surface area contributed by atoms with Crippen molar-refractivity contribution >= 4 is 39.2 Å². The van der Waals surface area contributed by atoms with Crippen molar-refractivity contribution in [2.24, 2.45) is 0 Å². The summed E-state index contributed by atoms with van der Waals surface area (Å²) in [6.07, 6.45) is -4.26. The Hall–Kier alpha value is -3.28. The summed E-state index contributed by atoms with van der Waals surface area (Å²) in [6.45, 7) is 0. The fourth-order valence-electron chi connectivity index (χ4n) is 2.52. The van der Waals surface area contributed by atoms with Crippen molar-refractivity contribution in [2.45, 2.75) is 19.0 Å². The zero-order valence-electron chi connectivity index (χ0n) is 15.6. The minimum absolute atomic E-state index is 0.0384. The van der Waals surface area contributed by atoms with Crippen molar-refractivity contribution in [3.63, 3.8) is 0 Å². The molecule has 1 aromatic heterocycles. The smallest absolute Gasteiger partial charge is 0.339 e. The molecule has 0 fully saturated rings. The van der Waals surface area contributed by atoms with Gasteiger partial charge < -0.3 is 10.6 Å². The topological polar surface area (TPSA) is 104 Å². The maximum atomic E-state index is 13.3. The van der Waals surface area contributed by atoms with Gasteiger partial charge in [-0.1, -0.05) is 12.1 Å². The molecule has 1 amide bonds. The van der Waals surface area contributed by atoms with Crippen molar-refractivity contribution in [3.05, 3.63) is 69.6 Å². The quantitative estimate of drug-likeness (QED) is 0.251. The van der Waals surface area contributed by atoms with Gasteiger partial charge in [-0.05, 0) is 68.6 Å². The van der Waals surface area contributed by atoms with Gasteiger partial charge in [0.05, 0.1) is 10.0 Å². The SMILES string of the molecule is N=C(Nc1ccc(F)c(Br)c1)c1nonc1NC(=O)CCc1ccc(C(F)(F)F)cc1. The molecule has 0 saturated carbocycles. The number of amides is 1. The molecule has 0 saturated heterocycles. The standard InChI is InChI=1S/C19H14BrF4N5O2/c20-13-9-12(6-7-14(13)21)26-17(25)16-18(29-31-28-16)27-15(30)8-3-10-1-4-11(5-2-10)19(22,23)24/h1-2,4-7,9H,3,8H2,(H2,25,26)(H,27,29,30). The Kier molecular flexibility index (Phi) is 6.68. The second-order valence-electron chi connectivity index (χ2n) is 6.33. The van der Waals surface area contributed by atoms with Gasteiger partial charge in [-0.3, -0.25) is 10.2 Å². The molecule has 3 N–H and O–H groups in total. The van der Waals surface area contributed by atoms with Gasteiger partial charge >= 0.3 is 6.18 Å². The normalized spacial score (nSPS) is 11.3. The molecule has 31 heavy (non-hydrogen) atoms. The fraction of sp³-hybridized carbons (Fsp3) is 0.158.